The first-order valence-electron chi connectivity index (χ1n) is 12.2. The molecule has 8 nitrogen and oxygen atoms in total. The summed E-state index contributed by atoms with van der Waals surface area (Å²) in [6, 6.07) is 5.75. The van der Waals surface area contributed by atoms with Gasteiger partial charge in [0.25, 0.3) is 0 Å². The zero-order valence-corrected chi connectivity index (χ0v) is 22.8. The van der Waals surface area contributed by atoms with Gasteiger partial charge in [-0.1, -0.05) is 24.2 Å². The van der Waals surface area contributed by atoms with Crippen molar-refractivity contribution in [2.24, 2.45) is 7.05 Å². The maximum absolute atomic E-state index is 13.1. The molecule has 0 bridgehead atoms. The molecule has 1 aromatic carbocycles. The van der Waals surface area contributed by atoms with E-state index in [4.69, 9.17) is 0 Å². The Kier molecular flexibility index (Phi) is 7.59. The molecule has 0 atom stereocenters. The molecule has 0 radical (unpaired) electrons. The van der Waals surface area contributed by atoms with Gasteiger partial charge in [0.2, 0.25) is 10.0 Å². The van der Waals surface area contributed by atoms with Crippen LogP contribution in [0.3, 0.4) is 0 Å². The topological polar surface area (TPSA) is 84.2 Å². The highest BCUT2D eigenvalue weighted by atomic mass is 32.2. The number of rotatable bonds is 8. The highest BCUT2D eigenvalue weighted by molar-refractivity contribution is 7.99. The number of piperidine rings is 1. The average Bonchev–Trinajstić information content (AvgIpc) is 3.46. The van der Waals surface area contributed by atoms with E-state index in [2.05, 4.69) is 20.1 Å². The summed E-state index contributed by atoms with van der Waals surface area (Å²) in [5.41, 5.74) is 5.26. The molecule has 35 heavy (non-hydrogen) atoms. The fourth-order valence-corrected chi connectivity index (χ4v) is 8.03. The number of benzene rings is 1. The van der Waals surface area contributed by atoms with Crippen LogP contribution in [0.1, 0.15) is 42.5 Å². The van der Waals surface area contributed by atoms with Gasteiger partial charge in [0.05, 0.1) is 21.0 Å². The molecule has 3 aromatic rings. The molecule has 0 saturated carbocycles. The predicted molar refractivity (Wildman–Crippen MR) is 140 cm³/mol. The van der Waals surface area contributed by atoms with Gasteiger partial charge in [0.15, 0.2) is 11.0 Å². The molecular formula is C24H32N6O2S3. The number of nitrogens with zero attached hydrogens (tertiary/aromatic N) is 6. The summed E-state index contributed by atoms with van der Waals surface area (Å²) < 4.78 is 29.9. The number of sulfonamides is 1. The van der Waals surface area contributed by atoms with E-state index in [9.17, 15) is 8.42 Å². The normalized spacial score (nSPS) is 17.5. The molecular weight excluding hydrogens is 501 g/mol. The van der Waals surface area contributed by atoms with E-state index in [1.165, 1.54) is 5.56 Å². The van der Waals surface area contributed by atoms with Crippen LogP contribution in [0.25, 0.3) is 10.7 Å². The van der Waals surface area contributed by atoms with Crippen molar-refractivity contribution in [1.82, 2.24) is 29.0 Å². The van der Waals surface area contributed by atoms with Crippen molar-refractivity contribution in [3.63, 3.8) is 0 Å². The van der Waals surface area contributed by atoms with Crippen molar-refractivity contribution < 1.29 is 8.42 Å². The summed E-state index contributed by atoms with van der Waals surface area (Å²) in [7, 11) is -1.38. The van der Waals surface area contributed by atoms with Crippen molar-refractivity contribution in [2.75, 3.05) is 31.9 Å². The second kappa shape index (κ2) is 10.7. The highest BCUT2D eigenvalue weighted by Gasteiger charge is 2.27. The number of aryl methyl sites for hydroxylation is 1. The first-order valence-corrected chi connectivity index (χ1v) is 15.5. The number of aromatic nitrogens is 4. The van der Waals surface area contributed by atoms with Crippen LogP contribution in [0.5, 0.6) is 0 Å². The molecule has 0 amide bonds. The van der Waals surface area contributed by atoms with E-state index >= 15 is 0 Å². The van der Waals surface area contributed by atoms with Crippen LogP contribution in [0.2, 0.25) is 0 Å². The number of hydrogen-bond donors (Lipinski definition) is 0. The Labute approximate surface area is 215 Å². The molecule has 1 fully saturated rings. The Bertz CT molecular complexity index is 1280. The van der Waals surface area contributed by atoms with Crippen LogP contribution in [-0.2, 0) is 30.0 Å². The third-order valence-electron chi connectivity index (χ3n) is 6.86. The third-order valence-corrected chi connectivity index (χ3v) is 10.8. The molecule has 11 heteroatoms. The second-order valence-corrected chi connectivity index (χ2v) is 13.1. The Morgan fingerprint density at radius 3 is 2.69 bits per heavy atom. The van der Waals surface area contributed by atoms with Crippen LogP contribution >= 0.6 is 23.1 Å². The van der Waals surface area contributed by atoms with Gasteiger partial charge in [-0.2, -0.15) is 4.31 Å². The first kappa shape index (κ1) is 24.9. The van der Waals surface area contributed by atoms with Crippen molar-refractivity contribution in [3.8, 4) is 10.7 Å². The minimum absolute atomic E-state index is 0.449. The van der Waals surface area contributed by atoms with Crippen molar-refractivity contribution in [3.05, 3.63) is 40.5 Å². The summed E-state index contributed by atoms with van der Waals surface area (Å²) in [6.07, 6.45) is 5.03. The highest BCUT2D eigenvalue weighted by Crippen LogP contribution is 2.29. The van der Waals surface area contributed by atoms with E-state index in [0.29, 0.717) is 18.0 Å². The summed E-state index contributed by atoms with van der Waals surface area (Å²) in [4.78, 5) is 8.27. The Morgan fingerprint density at radius 2 is 1.91 bits per heavy atom. The van der Waals surface area contributed by atoms with Crippen LogP contribution in [0.4, 0.5) is 0 Å². The number of thiazole rings is 1. The molecule has 2 aromatic heterocycles. The van der Waals surface area contributed by atoms with Gasteiger partial charge in [0, 0.05) is 39.0 Å². The fraction of sp³-hybridized carbons (Fsp3) is 0.542. The standard InChI is InChI=1S/C24H32N6O2S3/c1-18-22(34-17-25-18)23-26-27-24(28(23)2)33-14-6-10-29-13-9-19-7-8-21(15-20(19)16-29)35(31,32)30-11-4-3-5-12-30/h7-8,15,17H,3-6,9-14,16H2,1-2H3. The monoisotopic (exact) mass is 532 g/mol. The first-order chi connectivity index (χ1) is 16.9. The molecule has 188 valence electrons. The lowest BCUT2D eigenvalue weighted by Crippen LogP contribution is -2.36. The van der Waals surface area contributed by atoms with E-state index in [1.54, 1.807) is 33.5 Å². The molecule has 5 rings (SSSR count). The van der Waals surface area contributed by atoms with Crippen molar-refractivity contribution in [1.29, 1.82) is 0 Å². The van der Waals surface area contributed by atoms with Crippen molar-refractivity contribution >= 4 is 33.1 Å². The third kappa shape index (κ3) is 5.34. The summed E-state index contributed by atoms with van der Waals surface area (Å²) in [6.45, 7) is 6.07. The predicted octanol–water partition coefficient (Wildman–Crippen LogP) is 3.96. The van der Waals surface area contributed by atoms with Gasteiger partial charge in [-0.3, -0.25) is 4.90 Å². The Balaban J connectivity index is 1.16. The van der Waals surface area contributed by atoms with E-state index < -0.39 is 10.0 Å². The SMILES string of the molecule is Cc1ncsc1-c1nnc(SCCCN2CCc3ccc(S(=O)(=O)N4CCCCC4)cc3C2)n1C. The minimum atomic E-state index is -3.39. The zero-order valence-electron chi connectivity index (χ0n) is 20.3. The Morgan fingerprint density at radius 1 is 1.09 bits per heavy atom. The lowest BCUT2D eigenvalue weighted by molar-refractivity contribution is 0.255. The van der Waals surface area contributed by atoms with Crippen LogP contribution in [0, 0.1) is 6.92 Å². The largest absolute Gasteiger partial charge is 0.304 e. The molecule has 0 spiro atoms. The zero-order chi connectivity index (χ0) is 24.4. The van der Waals surface area contributed by atoms with Crippen LogP contribution < -0.4 is 0 Å². The molecule has 4 heterocycles. The average molecular weight is 533 g/mol. The summed E-state index contributed by atoms with van der Waals surface area (Å²) >= 11 is 3.32. The maximum Gasteiger partial charge on any atom is 0.243 e. The molecule has 2 aliphatic rings. The summed E-state index contributed by atoms with van der Waals surface area (Å²) in [5, 5.41) is 9.67. The van der Waals surface area contributed by atoms with Gasteiger partial charge < -0.3 is 4.57 Å². The molecule has 0 N–H and O–H groups in total. The number of fused-ring (bicyclic) bond motifs is 1. The van der Waals surface area contributed by atoms with Crippen LogP contribution in [0.15, 0.2) is 33.8 Å². The molecule has 0 unspecified atom stereocenters. The minimum Gasteiger partial charge on any atom is -0.304 e. The van der Waals surface area contributed by atoms with E-state index in [-0.39, 0.29) is 0 Å². The van der Waals surface area contributed by atoms with Gasteiger partial charge in [-0.05, 0) is 62.4 Å². The molecule has 0 aliphatic carbocycles. The lowest BCUT2D eigenvalue weighted by Gasteiger charge is -2.30. The number of thioether (sulfide) groups is 1. The molecule has 1 saturated heterocycles. The van der Waals surface area contributed by atoms with Gasteiger partial charge >= 0.3 is 0 Å². The second-order valence-electron chi connectivity index (χ2n) is 9.26. The van der Waals surface area contributed by atoms with Gasteiger partial charge in [-0.25, -0.2) is 13.4 Å². The Hall–Kier alpha value is -1.79. The maximum atomic E-state index is 13.1. The summed E-state index contributed by atoms with van der Waals surface area (Å²) in [5.74, 6) is 1.83. The van der Waals surface area contributed by atoms with Gasteiger partial charge in [-0.15, -0.1) is 21.5 Å². The number of hydrogen-bond acceptors (Lipinski definition) is 8. The van der Waals surface area contributed by atoms with E-state index in [1.807, 2.05) is 36.2 Å². The van der Waals surface area contributed by atoms with Crippen molar-refractivity contribution in [2.45, 2.75) is 55.6 Å². The molecule has 2 aliphatic heterocycles. The fourth-order valence-electron chi connectivity index (χ4n) is 4.80. The quantitative estimate of drug-likeness (QED) is 0.321. The van der Waals surface area contributed by atoms with Crippen LogP contribution in [-0.4, -0.2) is 69.3 Å². The van der Waals surface area contributed by atoms with E-state index in [0.717, 1.165) is 84.6 Å². The smallest absolute Gasteiger partial charge is 0.243 e. The van der Waals surface area contributed by atoms with Gasteiger partial charge in [0.1, 0.15) is 0 Å². The lowest BCUT2D eigenvalue weighted by atomic mass is 10.00.